The van der Waals surface area contributed by atoms with Crippen LogP contribution in [0.3, 0.4) is 0 Å². The van der Waals surface area contributed by atoms with Gasteiger partial charge in [-0.3, -0.25) is 10.0 Å². The van der Waals surface area contributed by atoms with Crippen LogP contribution in [0.25, 0.3) is 0 Å². The molecule has 2 heterocycles. The van der Waals surface area contributed by atoms with E-state index in [1.807, 2.05) is 0 Å². The molecule has 0 fully saturated rings. The number of hydrazine groups is 2. The van der Waals surface area contributed by atoms with Gasteiger partial charge in [0.25, 0.3) is 0 Å². The lowest BCUT2D eigenvalue weighted by Gasteiger charge is -2.45. The molecule has 6 heteroatoms. The first-order valence-electron chi connectivity index (χ1n) is 14.3. The Morgan fingerprint density at radius 1 is 0.350 bits per heavy atom. The standard InChI is InChI=1S/C34H46N4O2/c1-17-19(3)27(11)33-31(21(17)5)35(13)37(15-39-33)29-23(7)25(9)30(26(10)24(29)8)38-16-40-34-28(12)20(4)18(2)22(6)32(34)36(38)14/h15-16H2,1-14H3. The second kappa shape index (κ2) is 9.53. The van der Waals surface area contributed by atoms with Crippen LogP contribution in [0.5, 0.6) is 11.5 Å². The van der Waals surface area contributed by atoms with Crippen LogP contribution in [0.4, 0.5) is 22.7 Å². The number of fused-ring (bicyclic) bond motifs is 2. The molecule has 0 radical (unpaired) electrons. The van der Waals surface area contributed by atoms with Gasteiger partial charge >= 0.3 is 0 Å². The number of rotatable bonds is 2. The first-order valence-corrected chi connectivity index (χ1v) is 14.3. The molecule has 0 atom stereocenters. The lowest BCUT2D eigenvalue weighted by atomic mass is 9.94. The smallest absolute Gasteiger partial charge is 0.179 e. The van der Waals surface area contributed by atoms with Crippen molar-refractivity contribution in [3.05, 3.63) is 66.8 Å². The van der Waals surface area contributed by atoms with Crippen molar-refractivity contribution in [2.75, 3.05) is 47.6 Å². The molecule has 0 saturated carbocycles. The molecule has 0 saturated heterocycles. The summed E-state index contributed by atoms with van der Waals surface area (Å²) in [5.41, 5.74) is 20.0. The molecule has 0 aliphatic carbocycles. The number of ether oxygens (including phenoxy) is 2. The fraction of sp³-hybridized carbons (Fsp3) is 0.471. The van der Waals surface area contributed by atoms with Crippen molar-refractivity contribution in [1.29, 1.82) is 0 Å². The Bertz CT molecular complexity index is 1430. The Morgan fingerprint density at radius 3 is 0.900 bits per heavy atom. The number of benzene rings is 3. The number of hydrogen-bond donors (Lipinski definition) is 0. The van der Waals surface area contributed by atoms with Crippen LogP contribution < -0.4 is 29.5 Å². The number of hydrogen-bond acceptors (Lipinski definition) is 6. The summed E-state index contributed by atoms with van der Waals surface area (Å²) < 4.78 is 13.0. The molecule has 3 aromatic carbocycles. The Hall–Kier alpha value is -3.54. The van der Waals surface area contributed by atoms with Crippen molar-refractivity contribution in [2.24, 2.45) is 0 Å². The third-order valence-electron chi connectivity index (χ3n) is 10.3. The minimum absolute atomic E-state index is 0.476. The molecule has 3 aromatic rings. The molecule has 214 valence electrons. The van der Waals surface area contributed by atoms with Crippen LogP contribution in [0, 0.1) is 83.1 Å². The van der Waals surface area contributed by atoms with E-state index in [-0.39, 0.29) is 0 Å². The number of anilines is 4. The van der Waals surface area contributed by atoms with E-state index in [1.54, 1.807) is 0 Å². The van der Waals surface area contributed by atoms with Crippen LogP contribution in [0.1, 0.15) is 66.8 Å². The molecule has 0 N–H and O–H groups in total. The maximum absolute atomic E-state index is 6.49. The van der Waals surface area contributed by atoms with E-state index in [0.717, 1.165) is 22.9 Å². The normalized spacial score (nSPS) is 14.8. The highest BCUT2D eigenvalue weighted by atomic mass is 16.5. The van der Waals surface area contributed by atoms with Gasteiger partial charge in [0, 0.05) is 14.1 Å². The maximum atomic E-state index is 6.49. The summed E-state index contributed by atoms with van der Waals surface area (Å²) in [6, 6.07) is 0. The van der Waals surface area contributed by atoms with Gasteiger partial charge in [0.2, 0.25) is 0 Å². The van der Waals surface area contributed by atoms with E-state index in [2.05, 4.69) is 117 Å². The fourth-order valence-corrected chi connectivity index (χ4v) is 6.79. The molecule has 0 spiro atoms. The first-order chi connectivity index (χ1) is 18.7. The Labute approximate surface area is 241 Å². The van der Waals surface area contributed by atoms with Crippen LogP contribution >= 0.6 is 0 Å². The predicted molar refractivity (Wildman–Crippen MR) is 169 cm³/mol. The van der Waals surface area contributed by atoms with E-state index in [1.165, 1.54) is 78.1 Å². The highest BCUT2D eigenvalue weighted by Crippen LogP contribution is 2.48. The zero-order valence-electron chi connectivity index (χ0n) is 27.0. The largest absolute Gasteiger partial charge is 0.469 e. The molecule has 40 heavy (non-hydrogen) atoms. The lowest BCUT2D eigenvalue weighted by Crippen LogP contribution is -2.49. The van der Waals surface area contributed by atoms with E-state index in [9.17, 15) is 0 Å². The fourth-order valence-electron chi connectivity index (χ4n) is 6.79. The molecule has 6 nitrogen and oxygen atoms in total. The van der Waals surface area contributed by atoms with Crippen LogP contribution in [0.15, 0.2) is 0 Å². The molecule has 0 amide bonds. The molecule has 0 bridgehead atoms. The van der Waals surface area contributed by atoms with Crippen molar-refractivity contribution in [3.63, 3.8) is 0 Å². The van der Waals surface area contributed by atoms with Crippen molar-refractivity contribution in [3.8, 4) is 11.5 Å². The van der Waals surface area contributed by atoms with E-state index < -0.39 is 0 Å². The van der Waals surface area contributed by atoms with E-state index >= 15 is 0 Å². The van der Waals surface area contributed by atoms with Crippen molar-refractivity contribution in [2.45, 2.75) is 83.1 Å². The minimum Gasteiger partial charge on any atom is -0.469 e. The summed E-state index contributed by atoms with van der Waals surface area (Å²) in [6.45, 7) is 27.5. The van der Waals surface area contributed by atoms with Crippen LogP contribution in [-0.2, 0) is 0 Å². The zero-order chi connectivity index (χ0) is 29.5. The highest BCUT2D eigenvalue weighted by Gasteiger charge is 2.34. The van der Waals surface area contributed by atoms with Gasteiger partial charge in [0.05, 0.1) is 11.4 Å². The Kier molecular flexibility index (Phi) is 6.67. The molecule has 2 aliphatic rings. The monoisotopic (exact) mass is 542 g/mol. The van der Waals surface area contributed by atoms with Gasteiger partial charge in [-0.1, -0.05) is 0 Å². The average Bonchev–Trinajstić information content (AvgIpc) is 2.93. The summed E-state index contributed by atoms with van der Waals surface area (Å²) in [4.78, 5) is 0. The quantitative estimate of drug-likeness (QED) is 0.328. The average molecular weight is 543 g/mol. The summed E-state index contributed by atoms with van der Waals surface area (Å²) >= 11 is 0. The summed E-state index contributed by atoms with van der Waals surface area (Å²) in [5, 5.41) is 9.18. The van der Waals surface area contributed by atoms with Gasteiger partial charge in [-0.2, -0.15) is 0 Å². The topological polar surface area (TPSA) is 31.4 Å². The van der Waals surface area contributed by atoms with E-state index in [4.69, 9.17) is 9.47 Å². The molecular formula is C34H46N4O2. The number of nitrogens with zero attached hydrogens (tertiary/aromatic N) is 4. The van der Waals surface area contributed by atoms with Gasteiger partial charge < -0.3 is 9.47 Å². The van der Waals surface area contributed by atoms with Crippen molar-refractivity contribution >= 4 is 22.7 Å². The molecular weight excluding hydrogens is 496 g/mol. The maximum Gasteiger partial charge on any atom is 0.179 e. The van der Waals surface area contributed by atoms with Gasteiger partial charge in [-0.05, 0) is 150 Å². The van der Waals surface area contributed by atoms with Crippen LogP contribution in [0.2, 0.25) is 0 Å². The third kappa shape index (κ3) is 3.68. The molecule has 0 unspecified atom stereocenters. The first kappa shape index (κ1) is 28.0. The second-order valence-electron chi connectivity index (χ2n) is 11.9. The van der Waals surface area contributed by atoms with Crippen molar-refractivity contribution < 1.29 is 9.47 Å². The van der Waals surface area contributed by atoms with Gasteiger partial charge in [-0.15, -0.1) is 0 Å². The summed E-state index contributed by atoms with van der Waals surface area (Å²) in [7, 11) is 4.33. The molecule has 0 aromatic heterocycles. The highest BCUT2D eigenvalue weighted by molar-refractivity contribution is 5.82. The zero-order valence-corrected chi connectivity index (χ0v) is 27.0. The van der Waals surface area contributed by atoms with E-state index in [0.29, 0.717) is 13.5 Å². The molecule has 5 rings (SSSR count). The van der Waals surface area contributed by atoms with Gasteiger partial charge in [-0.25, -0.2) is 10.0 Å². The SMILES string of the molecule is Cc1c(C)c(C)c2c(c1C)OCN(c1c(C)c(C)c(N3COc4c(C)c(C)c(C)c(C)c4N3C)c(C)c1C)N2C. The van der Waals surface area contributed by atoms with Crippen LogP contribution in [-0.4, -0.2) is 27.6 Å². The predicted octanol–water partition coefficient (Wildman–Crippen LogP) is 7.80. The minimum atomic E-state index is 0.476. The third-order valence-corrected chi connectivity index (χ3v) is 10.3. The Balaban J connectivity index is 1.62. The second-order valence-corrected chi connectivity index (χ2v) is 11.9. The van der Waals surface area contributed by atoms with Gasteiger partial charge in [0.1, 0.15) is 11.4 Å². The Morgan fingerprint density at radius 2 is 0.600 bits per heavy atom. The van der Waals surface area contributed by atoms with Gasteiger partial charge in [0.15, 0.2) is 25.0 Å². The lowest BCUT2D eigenvalue weighted by molar-refractivity contribution is 0.291. The molecule has 2 aliphatic heterocycles. The summed E-state index contributed by atoms with van der Waals surface area (Å²) in [5.74, 6) is 2.00. The van der Waals surface area contributed by atoms with Crippen molar-refractivity contribution in [1.82, 2.24) is 0 Å². The summed E-state index contributed by atoms with van der Waals surface area (Å²) in [6.07, 6.45) is 0.